The average molecular weight is 608 g/mol. The van der Waals surface area contributed by atoms with Crippen LogP contribution in [-0.4, -0.2) is 34.8 Å². The number of rotatable bonds is 12. The van der Waals surface area contributed by atoms with Crippen molar-refractivity contribution in [3.8, 4) is 5.75 Å². The third-order valence-corrected chi connectivity index (χ3v) is 7.35. The molecule has 2 atom stereocenters. The first-order valence-electron chi connectivity index (χ1n) is 13.4. The summed E-state index contributed by atoms with van der Waals surface area (Å²) in [6.45, 7) is 4.17. The highest BCUT2D eigenvalue weighted by molar-refractivity contribution is 5.81. The highest BCUT2D eigenvalue weighted by Crippen LogP contribution is 2.45. The van der Waals surface area contributed by atoms with E-state index in [9.17, 15) is 18.7 Å². The van der Waals surface area contributed by atoms with Crippen molar-refractivity contribution in [1.82, 2.24) is 4.57 Å². The van der Waals surface area contributed by atoms with Crippen LogP contribution >= 0.6 is 0 Å². The van der Waals surface area contributed by atoms with E-state index in [1.165, 1.54) is 0 Å². The normalized spacial score (nSPS) is 18.0. The fourth-order valence-electron chi connectivity index (χ4n) is 5.21. The number of para-hydroxylation sites is 1. The van der Waals surface area contributed by atoms with Crippen molar-refractivity contribution < 1.29 is 49.7 Å². The molecule has 0 spiro atoms. The highest BCUT2D eigenvalue weighted by atomic mass is 79.9. The highest BCUT2D eigenvalue weighted by Gasteiger charge is 2.52. The standard InChI is InChI=1S/C30H37F2N2O4.BrH/c1-24-33(17-9-21-37-27-14-6-3-7-15-27)19-20-34(24)18-10-22-38-28(35)30(36,25-11-4-2-5-12-25)26-13-8-16-29(31,32)23-26;/h2-7,11-12,14-15,19-20,26,36H,8-10,13,16-18,21-23H2,1H3;1H/q+1;/p-1/t26-,30+;/m1./s1. The van der Waals surface area contributed by atoms with Gasteiger partial charge >= 0.3 is 5.97 Å². The number of halogens is 3. The van der Waals surface area contributed by atoms with Gasteiger partial charge in [0.1, 0.15) is 18.1 Å². The second-order valence-electron chi connectivity index (χ2n) is 10.0. The molecule has 1 saturated carbocycles. The molecule has 1 aliphatic carbocycles. The van der Waals surface area contributed by atoms with Gasteiger partial charge in [0.05, 0.1) is 26.3 Å². The molecule has 39 heavy (non-hydrogen) atoms. The third kappa shape index (κ3) is 7.88. The zero-order valence-corrected chi connectivity index (χ0v) is 23.9. The second-order valence-corrected chi connectivity index (χ2v) is 10.0. The zero-order valence-electron chi connectivity index (χ0n) is 22.3. The number of aliphatic hydroxyl groups is 1. The summed E-state index contributed by atoms with van der Waals surface area (Å²) < 4.78 is 43.9. The van der Waals surface area contributed by atoms with Gasteiger partial charge < -0.3 is 31.6 Å². The number of aromatic nitrogens is 2. The summed E-state index contributed by atoms with van der Waals surface area (Å²) in [5.41, 5.74) is -1.80. The molecule has 4 rings (SSSR count). The molecular formula is C30H37BrF2N2O4. The monoisotopic (exact) mass is 606 g/mol. The van der Waals surface area contributed by atoms with E-state index in [1.54, 1.807) is 30.3 Å². The van der Waals surface area contributed by atoms with Gasteiger partial charge in [0.25, 0.3) is 5.82 Å². The van der Waals surface area contributed by atoms with E-state index in [1.807, 2.05) is 49.6 Å². The summed E-state index contributed by atoms with van der Waals surface area (Å²) in [5, 5.41) is 11.5. The molecule has 1 aliphatic rings. The Balaban J connectivity index is 0.00000420. The molecule has 0 bridgehead atoms. The van der Waals surface area contributed by atoms with Crippen LogP contribution in [0.25, 0.3) is 0 Å². The molecule has 1 fully saturated rings. The van der Waals surface area contributed by atoms with Crippen LogP contribution in [0.3, 0.4) is 0 Å². The molecule has 6 nitrogen and oxygen atoms in total. The van der Waals surface area contributed by atoms with Gasteiger partial charge in [-0.3, -0.25) is 0 Å². The Hall–Kier alpha value is -2.78. The Morgan fingerprint density at radius 3 is 2.49 bits per heavy atom. The predicted molar refractivity (Wildman–Crippen MR) is 139 cm³/mol. The van der Waals surface area contributed by atoms with Crippen LogP contribution in [0.15, 0.2) is 73.1 Å². The lowest BCUT2D eigenvalue weighted by molar-refractivity contribution is -0.702. The Morgan fingerprint density at radius 2 is 1.79 bits per heavy atom. The Kier molecular flexibility index (Phi) is 11.1. The van der Waals surface area contributed by atoms with Crippen LogP contribution < -0.4 is 26.3 Å². The van der Waals surface area contributed by atoms with Crippen molar-refractivity contribution in [2.75, 3.05) is 13.2 Å². The number of carbonyl (C=O) groups is 1. The number of imidazole rings is 1. The van der Waals surface area contributed by atoms with Crippen LogP contribution in [0, 0.1) is 12.8 Å². The second kappa shape index (κ2) is 14.0. The SMILES string of the molecule is Cc1n(CCCOC(=O)[C@](O)(c2ccccc2)[C@@H]2CCCC(F)(F)C2)cc[n+]1CCCOc1ccccc1.[Br-]. The lowest BCUT2D eigenvalue weighted by Crippen LogP contribution is -3.00. The van der Waals surface area contributed by atoms with Crippen LogP contribution in [0.2, 0.25) is 0 Å². The Morgan fingerprint density at radius 1 is 1.10 bits per heavy atom. The number of carbonyl (C=O) groups excluding carboxylic acids is 1. The van der Waals surface area contributed by atoms with Crippen LogP contribution in [0.1, 0.15) is 49.9 Å². The summed E-state index contributed by atoms with van der Waals surface area (Å²) in [7, 11) is 0. The van der Waals surface area contributed by atoms with Gasteiger partial charge in [0.15, 0.2) is 5.60 Å². The van der Waals surface area contributed by atoms with Crippen LogP contribution in [0.5, 0.6) is 5.75 Å². The lowest BCUT2D eigenvalue weighted by atomic mass is 9.72. The van der Waals surface area contributed by atoms with Crippen LogP contribution in [0.4, 0.5) is 8.78 Å². The lowest BCUT2D eigenvalue weighted by Gasteiger charge is -2.39. The Labute approximate surface area is 239 Å². The van der Waals surface area contributed by atoms with E-state index >= 15 is 0 Å². The minimum atomic E-state index is -2.90. The van der Waals surface area contributed by atoms with Gasteiger partial charge in [0, 0.05) is 38.5 Å². The molecular weight excluding hydrogens is 570 g/mol. The van der Waals surface area contributed by atoms with Gasteiger partial charge in [-0.25, -0.2) is 22.7 Å². The quantitative estimate of drug-likeness (QED) is 0.195. The number of aryl methyl sites for hydroxylation is 2. The van der Waals surface area contributed by atoms with Crippen molar-refractivity contribution in [2.45, 2.75) is 70.1 Å². The molecule has 1 N–H and O–H groups in total. The average Bonchev–Trinajstić information content (AvgIpc) is 3.27. The van der Waals surface area contributed by atoms with Crippen LogP contribution in [-0.2, 0) is 28.2 Å². The summed E-state index contributed by atoms with van der Waals surface area (Å²) in [5.74, 6) is -2.73. The maximum Gasteiger partial charge on any atom is 0.343 e. The molecule has 0 saturated heterocycles. The number of nitrogens with zero attached hydrogens (tertiary/aromatic N) is 2. The molecule has 0 aliphatic heterocycles. The fourth-order valence-corrected chi connectivity index (χ4v) is 5.21. The van der Waals surface area contributed by atoms with E-state index in [0.29, 0.717) is 31.6 Å². The van der Waals surface area contributed by atoms with E-state index in [0.717, 1.165) is 24.5 Å². The first-order valence-corrected chi connectivity index (χ1v) is 13.4. The van der Waals surface area contributed by atoms with Crippen molar-refractivity contribution in [1.29, 1.82) is 0 Å². The Bertz CT molecular complexity index is 1180. The number of hydrogen-bond donors (Lipinski definition) is 1. The van der Waals surface area contributed by atoms with E-state index in [-0.39, 0.29) is 36.4 Å². The van der Waals surface area contributed by atoms with Gasteiger partial charge in [-0.05, 0) is 30.5 Å². The first-order chi connectivity index (χ1) is 18.3. The number of benzene rings is 2. The molecule has 212 valence electrons. The molecule has 9 heteroatoms. The van der Waals surface area contributed by atoms with Crippen molar-refractivity contribution in [3.63, 3.8) is 0 Å². The first kappa shape index (κ1) is 30.8. The minimum absolute atomic E-state index is 0. The summed E-state index contributed by atoms with van der Waals surface area (Å²) in [4.78, 5) is 13.2. The maximum absolute atomic E-state index is 14.2. The summed E-state index contributed by atoms with van der Waals surface area (Å²) >= 11 is 0. The largest absolute Gasteiger partial charge is 1.00 e. The maximum atomic E-state index is 14.2. The van der Waals surface area contributed by atoms with Crippen molar-refractivity contribution >= 4 is 5.97 Å². The van der Waals surface area contributed by atoms with E-state index < -0.39 is 29.8 Å². The molecule has 0 unspecified atom stereocenters. The van der Waals surface area contributed by atoms with E-state index in [2.05, 4.69) is 9.13 Å². The molecule has 3 aromatic rings. The summed E-state index contributed by atoms with van der Waals surface area (Å²) in [6, 6.07) is 18.1. The topological polar surface area (TPSA) is 64.6 Å². The zero-order chi connectivity index (χ0) is 27.0. The molecule has 0 radical (unpaired) electrons. The summed E-state index contributed by atoms with van der Waals surface area (Å²) in [6.07, 6.45) is 5.23. The number of ether oxygens (including phenoxy) is 2. The fraction of sp³-hybridized carbons (Fsp3) is 0.467. The number of hydrogen-bond acceptors (Lipinski definition) is 4. The molecule has 0 amide bonds. The third-order valence-electron chi connectivity index (χ3n) is 7.35. The van der Waals surface area contributed by atoms with Gasteiger partial charge in [-0.1, -0.05) is 48.5 Å². The van der Waals surface area contributed by atoms with Crippen molar-refractivity contribution in [2.24, 2.45) is 5.92 Å². The van der Waals surface area contributed by atoms with Gasteiger partial charge in [-0.15, -0.1) is 0 Å². The molecule has 1 aromatic heterocycles. The van der Waals surface area contributed by atoms with Gasteiger partial charge in [-0.2, -0.15) is 0 Å². The van der Waals surface area contributed by atoms with Crippen molar-refractivity contribution in [3.05, 3.63) is 84.4 Å². The smallest absolute Gasteiger partial charge is 0.343 e. The number of esters is 1. The molecule has 1 heterocycles. The van der Waals surface area contributed by atoms with E-state index in [4.69, 9.17) is 9.47 Å². The number of alkyl halides is 2. The minimum Gasteiger partial charge on any atom is -1.00 e. The molecule has 2 aromatic carbocycles. The van der Waals surface area contributed by atoms with Gasteiger partial charge in [0.2, 0.25) is 5.92 Å². The predicted octanol–water partition coefficient (Wildman–Crippen LogP) is 2.20.